The van der Waals surface area contributed by atoms with E-state index < -0.39 is 0 Å². The molecule has 0 saturated carbocycles. The molecule has 0 spiro atoms. The van der Waals surface area contributed by atoms with Crippen molar-refractivity contribution in [2.24, 2.45) is 14.1 Å². The largest absolute Gasteiger partial charge is 0.330 e. The quantitative estimate of drug-likeness (QED) is 0.374. The third-order valence-corrected chi connectivity index (χ3v) is 8.71. The first kappa shape index (κ1) is 20.4. The lowest BCUT2D eigenvalue weighted by Gasteiger charge is -2.42. The van der Waals surface area contributed by atoms with Crippen LogP contribution in [0.2, 0.25) is 0 Å². The molecule has 3 heterocycles. The van der Waals surface area contributed by atoms with Gasteiger partial charge in [0.2, 0.25) is 12.0 Å². The highest BCUT2D eigenvalue weighted by Crippen LogP contribution is 2.47. The predicted molar refractivity (Wildman–Crippen MR) is 117 cm³/mol. The minimum atomic E-state index is -0.129. The maximum absolute atomic E-state index is 4.54. The van der Waals surface area contributed by atoms with E-state index in [1.807, 2.05) is 6.20 Å². The molecule has 6 nitrogen and oxygen atoms in total. The summed E-state index contributed by atoms with van der Waals surface area (Å²) in [5.74, 6) is 3.53. The number of anilines is 1. The predicted octanol–water partition coefficient (Wildman–Crippen LogP) is 3.98. The standard InChI is InChI=1S/C20H33IN6/c1-14(2)26-13-19(24(9)16(26)4)25-10-11-27(21,17(25)5)20(6,7)18-12-22-15(3)23(18)8/h10-14,17H,1-9H3/q+2/t17-,27?/m1/s1. The highest BCUT2D eigenvalue weighted by atomic mass is 127. The summed E-state index contributed by atoms with van der Waals surface area (Å²) in [4.78, 5) is 6.93. The van der Waals surface area contributed by atoms with E-state index in [-0.39, 0.29) is 11.7 Å². The zero-order valence-corrected chi connectivity index (χ0v) is 20.2. The fraction of sp³-hybridized carbons (Fsp3) is 0.600. The van der Waals surface area contributed by atoms with Crippen LogP contribution in [-0.4, -0.2) is 23.0 Å². The molecular formula is C20H33IN6+2. The summed E-state index contributed by atoms with van der Waals surface area (Å²) in [5.41, 5.74) is 1.11. The second-order valence-electron chi connectivity index (χ2n) is 8.43. The lowest BCUT2D eigenvalue weighted by atomic mass is 9.98. The molecule has 7 heteroatoms. The van der Waals surface area contributed by atoms with Crippen LogP contribution in [-0.2, 0) is 19.6 Å². The molecule has 1 aliphatic rings. The summed E-state index contributed by atoms with van der Waals surface area (Å²) in [6, 6.07) is 0.444. The number of imidazole rings is 2. The normalized spacial score (nSPS) is 23.1. The summed E-state index contributed by atoms with van der Waals surface area (Å²) >= 11 is 2.60. The lowest BCUT2D eigenvalue weighted by molar-refractivity contribution is -0.785. The average molecular weight is 484 g/mol. The Morgan fingerprint density at radius 3 is 2.41 bits per heavy atom. The molecule has 148 valence electrons. The fourth-order valence-electron chi connectivity index (χ4n) is 4.17. The Balaban J connectivity index is 2.02. The van der Waals surface area contributed by atoms with Crippen molar-refractivity contribution in [1.29, 1.82) is 0 Å². The van der Waals surface area contributed by atoms with Gasteiger partial charge in [-0.3, -0.25) is 4.57 Å². The Hall–Kier alpha value is -1.35. The number of nitrogens with zero attached hydrogens (tertiary/aromatic N) is 6. The summed E-state index contributed by atoms with van der Waals surface area (Å²) in [5, 5.41) is 0. The Morgan fingerprint density at radius 2 is 1.93 bits per heavy atom. The summed E-state index contributed by atoms with van der Waals surface area (Å²) in [7, 11) is 4.26. The van der Waals surface area contributed by atoms with Gasteiger partial charge < -0.3 is 4.57 Å². The van der Waals surface area contributed by atoms with Crippen LogP contribution in [0.25, 0.3) is 0 Å². The van der Waals surface area contributed by atoms with E-state index in [0.717, 1.165) is 8.52 Å². The topological polar surface area (TPSA) is 29.9 Å². The highest BCUT2D eigenvalue weighted by Gasteiger charge is 2.55. The molecule has 27 heavy (non-hydrogen) atoms. The first-order valence-electron chi connectivity index (χ1n) is 9.55. The Bertz CT molecular complexity index is 891. The first-order chi connectivity index (χ1) is 12.4. The smallest absolute Gasteiger partial charge is 0.264 e. The molecule has 0 amide bonds. The number of quaternary nitrogens is 1. The summed E-state index contributed by atoms with van der Waals surface area (Å²) in [6.45, 7) is 15.6. The van der Waals surface area contributed by atoms with E-state index >= 15 is 0 Å². The zero-order chi connectivity index (χ0) is 20.3. The van der Waals surface area contributed by atoms with Gasteiger partial charge in [-0.1, -0.05) is 0 Å². The van der Waals surface area contributed by atoms with Gasteiger partial charge in [-0.25, -0.2) is 14.5 Å². The number of hydrogen-bond acceptors (Lipinski definition) is 2. The molecule has 2 aromatic rings. The maximum atomic E-state index is 4.54. The molecular weight excluding hydrogens is 451 g/mol. The van der Waals surface area contributed by atoms with E-state index in [0.29, 0.717) is 6.04 Å². The van der Waals surface area contributed by atoms with E-state index in [1.165, 1.54) is 17.3 Å². The van der Waals surface area contributed by atoms with Crippen molar-refractivity contribution < 1.29 is 7.26 Å². The van der Waals surface area contributed by atoms with Crippen LogP contribution in [0.15, 0.2) is 24.8 Å². The van der Waals surface area contributed by atoms with Gasteiger partial charge in [0.1, 0.15) is 30.0 Å². The van der Waals surface area contributed by atoms with Crippen LogP contribution in [0.4, 0.5) is 5.82 Å². The molecule has 0 N–H and O–H groups in total. The van der Waals surface area contributed by atoms with Crippen molar-refractivity contribution in [3.05, 3.63) is 42.1 Å². The van der Waals surface area contributed by atoms with Crippen molar-refractivity contribution in [3.63, 3.8) is 0 Å². The second kappa shape index (κ2) is 6.62. The van der Waals surface area contributed by atoms with Gasteiger partial charge in [-0.15, -0.1) is 0 Å². The van der Waals surface area contributed by atoms with Crippen LogP contribution in [0.3, 0.4) is 0 Å². The van der Waals surface area contributed by atoms with E-state index in [9.17, 15) is 0 Å². The molecule has 0 bridgehead atoms. The van der Waals surface area contributed by atoms with Gasteiger partial charge in [0.15, 0.2) is 0 Å². The average Bonchev–Trinajstić information content (AvgIpc) is 3.19. The van der Waals surface area contributed by atoms with Gasteiger partial charge in [0.05, 0.1) is 25.0 Å². The summed E-state index contributed by atoms with van der Waals surface area (Å²) in [6.07, 6.45) is 9.10. The third-order valence-electron chi connectivity index (χ3n) is 6.37. The van der Waals surface area contributed by atoms with E-state index in [4.69, 9.17) is 0 Å². The molecule has 0 radical (unpaired) electrons. The van der Waals surface area contributed by atoms with Crippen LogP contribution in [0.5, 0.6) is 0 Å². The maximum Gasteiger partial charge on any atom is 0.264 e. The van der Waals surface area contributed by atoms with Crippen molar-refractivity contribution in [2.45, 2.75) is 66.2 Å². The van der Waals surface area contributed by atoms with Crippen molar-refractivity contribution in [1.82, 2.24) is 14.1 Å². The van der Waals surface area contributed by atoms with Crippen LogP contribution in [0.1, 0.15) is 58.0 Å². The molecule has 0 aliphatic carbocycles. The molecule has 3 rings (SSSR count). The van der Waals surface area contributed by atoms with Crippen LogP contribution < -0.4 is 9.47 Å². The zero-order valence-electron chi connectivity index (χ0n) is 18.0. The molecule has 1 unspecified atom stereocenters. The molecule has 0 saturated heterocycles. The number of hydrogen-bond donors (Lipinski definition) is 0. The first-order valence-corrected chi connectivity index (χ1v) is 10.5. The van der Waals surface area contributed by atoms with E-state index in [2.05, 4.69) is 128 Å². The van der Waals surface area contributed by atoms with Crippen LogP contribution >= 0.6 is 22.9 Å². The van der Waals surface area contributed by atoms with Crippen molar-refractivity contribution in [2.75, 3.05) is 4.90 Å². The minimum absolute atomic E-state index is 0.129. The van der Waals surface area contributed by atoms with Gasteiger partial charge in [0, 0.05) is 20.9 Å². The fourth-order valence-corrected chi connectivity index (χ4v) is 4.83. The number of halogens is 1. The molecule has 0 aromatic carbocycles. The van der Waals surface area contributed by atoms with Crippen molar-refractivity contribution in [3.8, 4) is 0 Å². The Labute approximate surface area is 177 Å². The molecule has 2 atom stereocenters. The summed E-state index contributed by atoms with van der Waals surface area (Å²) < 4.78 is 7.59. The highest BCUT2D eigenvalue weighted by molar-refractivity contribution is 14.1. The Kier molecular flexibility index (Phi) is 5.00. The monoisotopic (exact) mass is 484 g/mol. The molecule has 1 aliphatic heterocycles. The second-order valence-corrected chi connectivity index (χ2v) is 10.0. The SMILES string of the molecule is Cc1ncc(C(C)(C)[N+]2(I)C=CN(c3cn(C(C)C)c(C)[n+]3C)[C@H]2C)n1C. The third kappa shape index (κ3) is 2.85. The molecule has 2 aromatic heterocycles. The van der Waals surface area contributed by atoms with Gasteiger partial charge in [-0.05, 0) is 34.6 Å². The number of aryl methyl sites for hydroxylation is 1. The molecule has 0 fully saturated rings. The van der Waals surface area contributed by atoms with Gasteiger partial charge in [0.25, 0.3) is 28.7 Å². The Morgan fingerprint density at radius 1 is 1.30 bits per heavy atom. The van der Waals surface area contributed by atoms with E-state index in [1.54, 1.807) is 0 Å². The lowest BCUT2D eigenvalue weighted by Crippen LogP contribution is -2.56. The number of aromatic nitrogens is 4. The van der Waals surface area contributed by atoms with Gasteiger partial charge >= 0.3 is 0 Å². The van der Waals surface area contributed by atoms with Crippen molar-refractivity contribution >= 4 is 28.7 Å². The van der Waals surface area contributed by atoms with Gasteiger partial charge in [-0.2, -0.15) is 2.70 Å². The van der Waals surface area contributed by atoms with Crippen LogP contribution in [0, 0.1) is 13.8 Å². The minimum Gasteiger partial charge on any atom is -0.330 e. The number of rotatable bonds is 4.